The van der Waals surface area contributed by atoms with Gasteiger partial charge in [0.1, 0.15) is 5.82 Å². The van der Waals surface area contributed by atoms with E-state index in [0.717, 1.165) is 0 Å². The zero-order chi connectivity index (χ0) is 14.8. The van der Waals surface area contributed by atoms with E-state index in [1.165, 1.54) is 18.2 Å². The second-order valence-corrected chi connectivity index (χ2v) is 7.45. The van der Waals surface area contributed by atoms with Gasteiger partial charge in [0.05, 0.1) is 10.6 Å². The molecule has 112 valence electrons. The molecule has 1 aromatic rings. The van der Waals surface area contributed by atoms with E-state index in [9.17, 15) is 12.8 Å². The van der Waals surface area contributed by atoms with Crippen molar-refractivity contribution in [2.75, 3.05) is 18.9 Å². The van der Waals surface area contributed by atoms with Crippen LogP contribution in [-0.4, -0.2) is 32.4 Å². The number of halogens is 1. The topological polar surface area (TPSA) is 66.4 Å². The van der Waals surface area contributed by atoms with Crippen LogP contribution in [0.4, 0.5) is 4.39 Å². The molecule has 1 aliphatic heterocycles. The highest BCUT2D eigenvalue weighted by atomic mass is 32.2. The minimum absolute atomic E-state index is 0.0810. The van der Waals surface area contributed by atoms with Crippen molar-refractivity contribution in [1.82, 2.24) is 5.32 Å². The summed E-state index contributed by atoms with van der Waals surface area (Å²) in [6.07, 6.45) is 1.14. The van der Waals surface area contributed by atoms with Crippen molar-refractivity contribution in [3.63, 3.8) is 0 Å². The van der Waals surface area contributed by atoms with Crippen molar-refractivity contribution in [2.24, 2.45) is 5.92 Å². The molecule has 4 nitrogen and oxygen atoms in total. The molecule has 0 spiro atoms. The molecule has 0 bridgehead atoms. The van der Waals surface area contributed by atoms with Crippen LogP contribution in [0.15, 0.2) is 23.1 Å². The quantitative estimate of drug-likeness (QED) is 0.812. The molecule has 2 N–H and O–H groups in total. The monoisotopic (exact) mass is 301 g/mol. The summed E-state index contributed by atoms with van der Waals surface area (Å²) in [4.78, 5) is 0.234. The van der Waals surface area contributed by atoms with Crippen LogP contribution < -0.4 is 5.32 Å². The first-order valence-electron chi connectivity index (χ1n) is 6.80. The minimum atomic E-state index is -3.29. The summed E-state index contributed by atoms with van der Waals surface area (Å²) in [6.45, 7) is 2.81. The molecule has 0 radical (unpaired) electrons. The van der Waals surface area contributed by atoms with E-state index in [-0.39, 0.29) is 29.2 Å². The second kappa shape index (κ2) is 6.20. The van der Waals surface area contributed by atoms with Gasteiger partial charge in [-0.3, -0.25) is 0 Å². The number of benzene rings is 1. The van der Waals surface area contributed by atoms with Gasteiger partial charge < -0.3 is 10.4 Å². The van der Waals surface area contributed by atoms with Crippen molar-refractivity contribution in [1.29, 1.82) is 0 Å². The van der Waals surface area contributed by atoms with E-state index in [1.54, 1.807) is 0 Å². The predicted molar refractivity (Wildman–Crippen MR) is 74.7 cm³/mol. The Morgan fingerprint density at radius 2 is 2.25 bits per heavy atom. The number of aliphatic hydroxyl groups is 1. The van der Waals surface area contributed by atoms with Gasteiger partial charge in [0, 0.05) is 12.6 Å². The third-order valence-corrected chi connectivity index (χ3v) is 5.51. The molecule has 0 aliphatic carbocycles. The van der Waals surface area contributed by atoms with Crippen molar-refractivity contribution >= 4 is 9.84 Å². The first-order valence-corrected chi connectivity index (χ1v) is 8.45. The fraction of sp³-hybridized carbons (Fsp3) is 0.571. The summed E-state index contributed by atoms with van der Waals surface area (Å²) in [7, 11) is -3.29. The predicted octanol–water partition coefficient (Wildman–Crippen LogP) is 1.65. The maximum atomic E-state index is 13.4. The summed E-state index contributed by atoms with van der Waals surface area (Å²) in [5.41, 5.74) is 0.521. The van der Waals surface area contributed by atoms with Gasteiger partial charge in [-0.25, -0.2) is 12.8 Å². The second-order valence-electron chi connectivity index (χ2n) is 5.37. The van der Waals surface area contributed by atoms with Gasteiger partial charge in [-0.1, -0.05) is 6.92 Å². The van der Waals surface area contributed by atoms with Gasteiger partial charge in [-0.15, -0.1) is 0 Å². The van der Waals surface area contributed by atoms with Gasteiger partial charge in [0.2, 0.25) is 0 Å². The normalized spacial score (nSPS) is 22.2. The SMILES string of the molecule is C[C@H](CCO)CN[C@@H]1CCS(=O)(=O)c2ccc(F)cc21. The Bertz CT molecular complexity index is 574. The standard InChI is InChI=1S/C14H20FNO3S/c1-10(4-6-17)9-16-13-5-7-20(18,19)14-3-2-11(15)8-12(13)14/h2-3,8,10,13,16-17H,4-7,9H2,1H3/t10-,13-/m1/s1. The summed E-state index contributed by atoms with van der Waals surface area (Å²) in [5.74, 6) is -0.0517. The molecule has 20 heavy (non-hydrogen) atoms. The molecular formula is C14H20FNO3S. The maximum absolute atomic E-state index is 13.4. The molecule has 0 unspecified atom stereocenters. The zero-order valence-electron chi connectivity index (χ0n) is 11.5. The first-order chi connectivity index (χ1) is 9.44. The number of hydrogen-bond acceptors (Lipinski definition) is 4. The minimum Gasteiger partial charge on any atom is -0.396 e. The van der Waals surface area contributed by atoms with Crippen LogP contribution >= 0.6 is 0 Å². The van der Waals surface area contributed by atoms with Gasteiger partial charge in [-0.05, 0) is 49.1 Å². The first kappa shape index (κ1) is 15.4. The van der Waals surface area contributed by atoms with E-state index in [4.69, 9.17) is 5.11 Å². The Kier molecular flexibility index (Phi) is 4.78. The van der Waals surface area contributed by atoms with Crippen LogP contribution in [0, 0.1) is 11.7 Å². The number of sulfone groups is 1. The lowest BCUT2D eigenvalue weighted by molar-refractivity contribution is 0.257. The molecule has 0 saturated carbocycles. The lowest BCUT2D eigenvalue weighted by Crippen LogP contribution is -2.32. The molecule has 2 atom stereocenters. The van der Waals surface area contributed by atoms with Gasteiger partial charge in [-0.2, -0.15) is 0 Å². The van der Waals surface area contributed by atoms with Gasteiger partial charge >= 0.3 is 0 Å². The molecule has 1 aromatic carbocycles. The van der Waals surface area contributed by atoms with Crippen molar-refractivity contribution in [3.05, 3.63) is 29.6 Å². The highest BCUT2D eigenvalue weighted by Crippen LogP contribution is 2.32. The Morgan fingerprint density at radius 1 is 1.50 bits per heavy atom. The fourth-order valence-corrected chi connectivity index (χ4v) is 4.09. The third kappa shape index (κ3) is 3.37. The van der Waals surface area contributed by atoms with E-state index in [2.05, 4.69) is 5.32 Å². The molecule has 1 heterocycles. The van der Waals surface area contributed by atoms with Gasteiger partial charge in [0.15, 0.2) is 9.84 Å². The van der Waals surface area contributed by atoms with Crippen LogP contribution in [0.2, 0.25) is 0 Å². The molecule has 0 saturated heterocycles. The number of nitrogens with one attached hydrogen (secondary N) is 1. The molecule has 0 fully saturated rings. The fourth-order valence-electron chi connectivity index (χ4n) is 2.49. The van der Waals surface area contributed by atoms with Gasteiger partial charge in [0.25, 0.3) is 0 Å². The Morgan fingerprint density at radius 3 is 2.95 bits per heavy atom. The molecule has 0 amide bonds. The van der Waals surface area contributed by atoms with Crippen LogP contribution in [-0.2, 0) is 9.84 Å². The van der Waals surface area contributed by atoms with Crippen molar-refractivity contribution < 1.29 is 17.9 Å². The Hall–Kier alpha value is -0.980. The van der Waals surface area contributed by atoms with Crippen LogP contribution in [0.1, 0.15) is 31.4 Å². The van der Waals surface area contributed by atoms with E-state index in [0.29, 0.717) is 24.9 Å². The smallest absolute Gasteiger partial charge is 0.178 e. The molecular weight excluding hydrogens is 281 g/mol. The van der Waals surface area contributed by atoms with E-state index < -0.39 is 15.7 Å². The van der Waals surface area contributed by atoms with Crippen molar-refractivity contribution in [2.45, 2.75) is 30.7 Å². The molecule has 2 rings (SSSR count). The van der Waals surface area contributed by atoms with E-state index >= 15 is 0 Å². The highest BCUT2D eigenvalue weighted by Gasteiger charge is 2.30. The highest BCUT2D eigenvalue weighted by molar-refractivity contribution is 7.91. The summed E-state index contributed by atoms with van der Waals surface area (Å²) in [6, 6.07) is 3.70. The average Bonchev–Trinajstić information content (AvgIpc) is 2.38. The zero-order valence-corrected chi connectivity index (χ0v) is 12.3. The summed E-state index contributed by atoms with van der Waals surface area (Å²) < 4.78 is 37.4. The Balaban J connectivity index is 2.19. The molecule has 1 aliphatic rings. The number of fused-ring (bicyclic) bond motifs is 1. The van der Waals surface area contributed by atoms with Crippen molar-refractivity contribution in [3.8, 4) is 0 Å². The number of hydrogen-bond donors (Lipinski definition) is 2. The number of aliphatic hydroxyl groups excluding tert-OH is 1. The molecule has 0 aromatic heterocycles. The third-order valence-electron chi connectivity index (χ3n) is 3.69. The summed E-state index contributed by atoms with van der Waals surface area (Å²) >= 11 is 0. The van der Waals surface area contributed by atoms with Crippen LogP contribution in [0.3, 0.4) is 0 Å². The number of rotatable bonds is 5. The van der Waals surface area contributed by atoms with Crippen LogP contribution in [0.5, 0.6) is 0 Å². The van der Waals surface area contributed by atoms with Crippen LogP contribution in [0.25, 0.3) is 0 Å². The lowest BCUT2D eigenvalue weighted by atomic mass is 10.0. The Labute approximate surface area is 118 Å². The summed E-state index contributed by atoms with van der Waals surface area (Å²) in [5, 5.41) is 12.2. The molecule has 6 heteroatoms. The average molecular weight is 301 g/mol. The lowest BCUT2D eigenvalue weighted by Gasteiger charge is -2.27. The largest absolute Gasteiger partial charge is 0.396 e. The maximum Gasteiger partial charge on any atom is 0.178 e. The van der Waals surface area contributed by atoms with E-state index in [1.807, 2.05) is 6.92 Å².